The van der Waals surface area contributed by atoms with Gasteiger partial charge in [0, 0.05) is 11.2 Å². The average molecular weight is 343 g/mol. The molecule has 0 aliphatic rings. The summed E-state index contributed by atoms with van der Waals surface area (Å²) in [6.07, 6.45) is 1.88. The molecule has 1 aromatic carbocycles. The Morgan fingerprint density at radius 3 is 3.00 bits per heavy atom. The maximum atomic E-state index is 12.5. The van der Waals surface area contributed by atoms with E-state index in [2.05, 4.69) is 15.3 Å². The van der Waals surface area contributed by atoms with E-state index in [1.807, 2.05) is 47.9 Å². The number of benzene rings is 1. The van der Waals surface area contributed by atoms with Gasteiger partial charge in [0.05, 0.1) is 15.7 Å². The van der Waals surface area contributed by atoms with E-state index in [0.29, 0.717) is 15.8 Å². The summed E-state index contributed by atoms with van der Waals surface area (Å²) in [5, 5.41) is 4.00. The van der Waals surface area contributed by atoms with Gasteiger partial charge in [-0.3, -0.25) is 10.1 Å². The van der Waals surface area contributed by atoms with E-state index in [9.17, 15) is 4.79 Å². The largest absolute Gasteiger partial charge is 0.303 e. The van der Waals surface area contributed by atoms with Crippen LogP contribution in [0.25, 0.3) is 15.7 Å². The van der Waals surface area contributed by atoms with Crippen molar-refractivity contribution >= 4 is 49.7 Å². The van der Waals surface area contributed by atoms with Gasteiger partial charge >= 0.3 is 0 Å². The molecular formula is C16H11ClN4OS. The Labute approximate surface area is 140 Å². The number of halogens is 1. The maximum absolute atomic E-state index is 12.5. The first-order valence-corrected chi connectivity index (χ1v) is 8.12. The molecule has 0 spiro atoms. The highest BCUT2D eigenvalue weighted by Gasteiger charge is 2.17. The molecule has 4 aromatic rings. The molecule has 0 aliphatic carbocycles. The fourth-order valence-corrected chi connectivity index (χ4v) is 3.60. The van der Waals surface area contributed by atoms with Gasteiger partial charge in [-0.15, -0.1) is 0 Å². The van der Waals surface area contributed by atoms with Crippen molar-refractivity contribution in [2.75, 3.05) is 5.32 Å². The van der Waals surface area contributed by atoms with Crippen molar-refractivity contribution in [2.24, 2.45) is 0 Å². The van der Waals surface area contributed by atoms with Crippen LogP contribution in [0.2, 0.25) is 5.02 Å². The molecule has 0 radical (unpaired) electrons. The lowest BCUT2D eigenvalue weighted by Crippen LogP contribution is -2.12. The van der Waals surface area contributed by atoms with E-state index >= 15 is 0 Å². The van der Waals surface area contributed by atoms with Crippen LogP contribution in [0.3, 0.4) is 0 Å². The second kappa shape index (κ2) is 5.33. The Morgan fingerprint density at radius 1 is 1.26 bits per heavy atom. The summed E-state index contributed by atoms with van der Waals surface area (Å²) in [7, 11) is 0. The summed E-state index contributed by atoms with van der Waals surface area (Å²) < 4.78 is 2.81. The third-order valence-electron chi connectivity index (χ3n) is 3.51. The van der Waals surface area contributed by atoms with Crippen molar-refractivity contribution < 1.29 is 4.79 Å². The number of anilines is 1. The number of carbonyl (C=O) groups excluding carboxylic acids is 1. The number of hydrogen-bond acceptors (Lipinski definition) is 4. The third kappa shape index (κ3) is 2.46. The molecule has 3 aromatic heterocycles. The number of fused-ring (bicyclic) bond motifs is 2. The van der Waals surface area contributed by atoms with Crippen molar-refractivity contribution in [1.29, 1.82) is 0 Å². The van der Waals surface area contributed by atoms with Crippen LogP contribution in [0.5, 0.6) is 0 Å². The van der Waals surface area contributed by atoms with Crippen molar-refractivity contribution in [3.63, 3.8) is 0 Å². The van der Waals surface area contributed by atoms with E-state index < -0.39 is 0 Å². The first-order chi connectivity index (χ1) is 11.1. The highest BCUT2D eigenvalue weighted by molar-refractivity contribution is 7.22. The number of nitrogens with one attached hydrogen (secondary N) is 1. The smallest absolute Gasteiger partial charge is 0.278 e. The minimum Gasteiger partial charge on any atom is -0.303 e. The zero-order valence-electron chi connectivity index (χ0n) is 12.1. The highest BCUT2D eigenvalue weighted by Crippen LogP contribution is 2.28. The van der Waals surface area contributed by atoms with Crippen LogP contribution in [0.15, 0.2) is 42.6 Å². The first kappa shape index (κ1) is 14.2. The number of thiazole rings is 1. The summed E-state index contributed by atoms with van der Waals surface area (Å²) in [4.78, 5) is 21.3. The molecule has 0 atom stereocenters. The van der Waals surface area contributed by atoms with Crippen molar-refractivity contribution in [3.05, 3.63) is 59.1 Å². The molecule has 114 valence electrons. The minimum atomic E-state index is -0.271. The van der Waals surface area contributed by atoms with E-state index in [1.165, 1.54) is 11.3 Å². The molecule has 0 aliphatic heterocycles. The quantitative estimate of drug-likeness (QED) is 0.595. The number of nitrogens with zero attached hydrogens (tertiary/aromatic N) is 3. The highest BCUT2D eigenvalue weighted by atomic mass is 35.5. The maximum Gasteiger partial charge on any atom is 0.278 e. The lowest BCUT2D eigenvalue weighted by Gasteiger charge is -1.99. The topological polar surface area (TPSA) is 59.3 Å². The van der Waals surface area contributed by atoms with E-state index in [1.54, 1.807) is 6.07 Å². The van der Waals surface area contributed by atoms with Crippen LogP contribution >= 0.6 is 22.9 Å². The standard InChI is InChI=1S/C16H11ClN4OS/c1-9-18-14(12-4-2-3-7-21(9)12)15(22)20-16-19-11-6-5-10(17)8-13(11)23-16/h2-8H,1H3,(H,19,20,22). The summed E-state index contributed by atoms with van der Waals surface area (Å²) in [5.74, 6) is 0.494. The molecule has 1 N–H and O–H groups in total. The van der Waals surface area contributed by atoms with Gasteiger partial charge in [0.25, 0.3) is 5.91 Å². The summed E-state index contributed by atoms with van der Waals surface area (Å²) >= 11 is 7.36. The number of hydrogen-bond donors (Lipinski definition) is 1. The van der Waals surface area contributed by atoms with Crippen LogP contribution < -0.4 is 5.32 Å². The number of carbonyl (C=O) groups is 1. The van der Waals surface area contributed by atoms with Gasteiger partial charge in [0.2, 0.25) is 0 Å². The molecule has 3 heterocycles. The van der Waals surface area contributed by atoms with Crippen molar-refractivity contribution in [1.82, 2.24) is 14.4 Å². The number of amides is 1. The molecule has 7 heteroatoms. The van der Waals surface area contributed by atoms with E-state index in [4.69, 9.17) is 11.6 Å². The molecule has 23 heavy (non-hydrogen) atoms. The average Bonchev–Trinajstić information content (AvgIpc) is 3.08. The first-order valence-electron chi connectivity index (χ1n) is 6.93. The van der Waals surface area contributed by atoms with Crippen LogP contribution in [0.4, 0.5) is 5.13 Å². The van der Waals surface area contributed by atoms with Gasteiger partial charge < -0.3 is 4.40 Å². The minimum absolute atomic E-state index is 0.271. The summed E-state index contributed by atoms with van der Waals surface area (Å²) in [6, 6.07) is 11.1. The van der Waals surface area contributed by atoms with Crippen molar-refractivity contribution in [2.45, 2.75) is 6.92 Å². The van der Waals surface area contributed by atoms with Gasteiger partial charge in [-0.05, 0) is 37.3 Å². The normalized spacial score (nSPS) is 11.2. The predicted octanol–water partition coefficient (Wildman–Crippen LogP) is 4.16. The Morgan fingerprint density at radius 2 is 2.13 bits per heavy atom. The lowest BCUT2D eigenvalue weighted by atomic mass is 10.3. The zero-order valence-corrected chi connectivity index (χ0v) is 13.6. The van der Waals surface area contributed by atoms with E-state index in [0.717, 1.165) is 21.6 Å². The van der Waals surface area contributed by atoms with Crippen LogP contribution in [-0.2, 0) is 0 Å². The zero-order chi connectivity index (χ0) is 16.0. The number of aromatic nitrogens is 3. The summed E-state index contributed by atoms with van der Waals surface area (Å²) in [5.41, 5.74) is 1.97. The second-order valence-electron chi connectivity index (χ2n) is 5.05. The Hall–Kier alpha value is -2.44. The fraction of sp³-hybridized carbons (Fsp3) is 0.0625. The number of aryl methyl sites for hydroxylation is 1. The Balaban J connectivity index is 1.70. The number of imidazole rings is 1. The SMILES string of the molecule is Cc1nc(C(=O)Nc2nc3ccc(Cl)cc3s2)c2ccccn12. The number of pyridine rings is 1. The van der Waals surface area contributed by atoms with Crippen LogP contribution in [0.1, 0.15) is 16.3 Å². The van der Waals surface area contributed by atoms with Crippen LogP contribution in [0, 0.1) is 6.92 Å². The third-order valence-corrected chi connectivity index (χ3v) is 4.68. The number of rotatable bonds is 2. The Bertz CT molecular complexity index is 1050. The van der Waals surface area contributed by atoms with Gasteiger partial charge in [0.1, 0.15) is 5.82 Å². The van der Waals surface area contributed by atoms with Gasteiger partial charge in [-0.2, -0.15) is 0 Å². The van der Waals surface area contributed by atoms with Gasteiger partial charge in [-0.25, -0.2) is 9.97 Å². The molecule has 0 fully saturated rings. The van der Waals surface area contributed by atoms with Crippen LogP contribution in [-0.4, -0.2) is 20.3 Å². The molecule has 4 rings (SSSR count). The fourth-order valence-electron chi connectivity index (χ4n) is 2.47. The monoisotopic (exact) mass is 342 g/mol. The Kier molecular flexibility index (Phi) is 3.28. The molecule has 0 bridgehead atoms. The molecule has 5 nitrogen and oxygen atoms in total. The molecule has 0 saturated carbocycles. The lowest BCUT2D eigenvalue weighted by molar-refractivity contribution is 0.102. The predicted molar refractivity (Wildman–Crippen MR) is 92.5 cm³/mol. The molecule has 1 amide bonds. The molecule has 0 unspecified atom stereocenters. The second-order valence-corrected chi connectivity index (χ2v) is 6.52. The van der Waals surface area contributed by atoms with E-state index in [-0.39, 0.29) is 5.91 Å². The molecular weight excluding hydrogens is 332 g/mol. The van der Waals surface area contributed by atoms with Crippen molar-refractivity contribution in [3.8, 4) is 0 Å². The molecule has 0 saturated heterocycles. The summed E-state index contributed by atoms with van der Waals surface area (Å²) in [6.45, 7) is 1.86. The van der Waals surface area contributed by atoms with Gasteiger partial charge in [-0.1, -0.05) is 29.0 Å². The van der Waals surface area contributed by atoms with Gasteiger partial charge in [0.15, 0.2) is 10.8 Å².